The number of amides is 1. The van der Waals surface area contributed by atoms with Crippen LogP contribution in [-0.2, 0) is 9.53 Å². The zero-order valence-corrected chi connectivity index (χ0v) is 13.4. The Balaban J connectivity index is 2.01. The average Bonchev–Trinajstić information content (AvgIpc) is 2.54. The minimum absolute atomic E-state index is 0.370. The molecule has 0 saturated heterocycles. The van der Waals surface area contributed by atoms with E-state index in [0.29, 0.717) is 16.9 Å². The Hall–Kier alpha value is -2.82. The van der Waals surface area contributed by atoms with Crippen molar-refractivity contribution in [3.8, 4) is 0 Å². The van der Waals surface area contributed by atoms with E-state index in [1.807, 2.05) is 31.2 Å². The minimum Gasteiger partial charge on any atom is -0.449 e. The molecule has 0 saturated carbocycles. The highest BCUT2D eigenvalue weighted by Crippen LogP contribution is 2.16. The molecule has 2 aromatic carbocycles. The Morgan fingerprint density at radius 1 is 1.09 bits per heavy atom. The van der Waals surface area contributed by atoms with E-state index in [1.165, 1.54) is 0 Å². The third-order valence-corrected chi connectivity index (χ3v) is 3.35. The molecule has 0 heterocycles. The molecule has 0 spiro atoms. The summed E-state index contributed by atoms with van der Waals surface area (Å²) in [6.45, 7) is 3.48. The van der Waals surface area contributed by atoms with Gasteiger partial charge in [0.25, 0.3) is 5.91 Å². The Morgan fingerprint density at radius 2 is 1.83 bits per heavy atom. The van der Waals surface area contributed by atoms with Gasteiger partial charge in [-0.3, -0.25) is 4.79 Å². The van der Waals surface area contributed by atoms with Crippen LogP contribution in [0.2, 0.25) is 0 Å². The summed E-state index contributed by atoms with van der Waals surface area (Å²) < 4.78 is 5.25. The molecular formula is C18H20N2O3. The summed E-state index contributed by atoms with van der Waals surface area (Å²) in [6, 6.07) is 14.4. The van der Waals surface area contributed by atoms with Crippen molar-refractivity contribution in [2.24, 2.45) is 0 Å². The topological polar surface area (TPSA) is 67.4 Å². The zero-order chi connectivity index (χ0) is 16.8. The molecule has 0 aliphatic heterocycles. The summed E-state index contributed by atoms with van der Waals surface area (Å²) in [6.07, 6.45) is -0.895. The smallest absolute Gasteiger partial charge is 0.341 e. The van der Waals surface area contributed by atoms with Gasteiger partial charge in [0.1, 0.15) is 0 Å². The van der Waals surface area contributed by atoms with E-state index in [1.54, 1.807) is 38.2 Å². The third-order valence-electron chi connectivity index (χ3n) is 3.35. The lowest BCUT2D eigenvalue weighted by atomic mass is 10.2. The van der Waals surface area contributed by atoms with Crippen molar-refractivity contribution in [2.45, 2.75) is 20.0 Å². The Morgan fingerprint density at radius 3 is 2.52 bits per heavy atom. The van der Waals surface area contributed by atoms with Crippen LogP contribution in [0.1, 0.15) is 22.8 Å². The predicted octanol–water partition coefficient (Wildman–Crippen LogP) is 3.22. The molecule has 1 amide bonds. The maximum absolute atomic E-state index is 12.2. The highest BCUT2D eigenvalue weighted by Gasteiger charge is 2.20. The predicted molar refractivity (Wildman–Crippen MR) is 90.7 cm³/mol. The number of carbonyl (C=O) groups is 2. The second kappa shape index (κ2) is 7.45. The molecule has 2 aromatic rings. The number of rotatable bonds is 5. The Labute approximate surface area is 135 Å². The van der Waals surface area contributed by atoms with Crippen molar-refractivity contribution in [3.05, 3.63) is 59.7 Å². The first-order valence-electron chi connectivity index (χ1n) is 7.36. The van der Waals surface area contributed by atoms with Crippen LogP contribution < -0.4 is 10.6 Å². The van der Waals surface area contributed by atoms with Crippen LogP contribution in [0.25, 0.3) is 0 Å². The van der Waals surface area contributed by atoms with Crippen molar-refractivity contribution < 1.29 is 14.3 Å². The molecule has 5 heteroatoms. The minimum atomic E-state index is -0.895. The normalized spacial score (nSPS) is 11.4. The van der Waals surface area contributed by atoms with Gasteiger partial charge in [0, 0.05) is 18.4 Å². The summed E-state index contributed by atoms with van der Waals surface area (Å²) in [5.41, 5.74) is 2.76. The lowest BCUT2D eigenvalue weighted by Gasteiger charge is -2.15. The van der Waals surface area contributed by atoms with Gasteiger partial charge in [-0.15, -0.1) is 0 Å². The van der Waals surface area contributed by atoms with Gasteiger partial charge in [-0.2, -0.15) is 0 Å². The first-order valence-corrected chi connectivity index (χ1v) is 7.36. The summed E-state index contributed by atoms with van der Waals surface area (Å²) in [5.74, 6) is -0.910. The highest BCUT2D eigenvalue weighted by molar-refractivity contribution is 5.99. The summed E-state index contributed by atoms with van der Waals surface area (Å²) in [7, 11) is 1.72. The fourth-order valence-corrected chi connectivity index (χ4v) is 2.12. The lowest BCUT2D eigenvalue weighted by Crippen LogP contribution is -2.30. The van der Waals surface area contributed by atoms with Crippen molar-refractivity contribution in [2.75, 3.05) is 17.7 Å². The van der Waals surface area contributed by atoms with Crippen molar-refractivity contribution >= 4 is 23.3 Å². The molecule has 5 nitrogen and oxygen atoms in total. The lowest BCUT2D eigenvalue weighted by molar-refractivity contribution is -0.123. The zero-order valence-electron chi connectivity index (χ0n) is 13.4. The molecule has 0 bridgehead atoms. The molecule has 2 N–H and O–H groups in total. The molecular weight excluding hydrogens is 292 g/mol. The van der Waals surface area contributed by atoms with E-state index in [2.05, 4.69) is 10.6 Å². The number of hydrogen-bond acceptors (Lipinski definition) is 4. The van der Waals surface area contributed by atoms with Crippen molar-refractivity contribution in [3.63, 3.8) is 0 Å². The van der Waals surface area contributed by atoms with Gasteiger partial charge in [0.15, 0.2) is 6.10 Å². The van der Waals surface area contributed by atoms with E-state index < -0.39 is 12.1 Å². The number of para-hydroxylation sites is 1. The van der Waals surface area contributed by atoms with Gasteiger partial charge >= 0.3 is 5.97 Å². The molecule has 0 fully saturated rings. The number of nitrogens with one attached hydrogen (secondary N) is 2. The standard InChI is InChI=1S/C18H20N2O3/c1-12-7-6-8-14(11-12)20-17(21)13(2)23-18(22)15-9-4-5-10-16(15)19-3/h4-11,13,19H,1-3H3,(H,20,21)/t13-/m1/s1. The van der Waals surface area contributed by atoms with Gasteiger partial charge in [-0.25, -0.2) is 4.79 Å². The number of ether oxygens (including phenoxy) is 1. The first-order chi connectivity index (χ1) is 11.0. The van der Waals surface area contributed by atoms with Gasteiger partial charge in [0.2, 0.25) is 0 Å². The highest BCUT2D eigenvalue weighted by atomic mass is 16.5. The molecule has 0 unspecified atom stereocenters. The van der Waals surface area contributed by atoms with Crippen molar-refractivity contribution in [1.29, 1.82) is 0 Å². The maximum Gasteiger partial charge on any atom is 0.341 e. The van der Waals surface area contributed by atoms with Crippen LogP contribution in [0.15, 0.2) is 48.5 Å². The number of esters is 1. The van der Waals surface area contributed by atoms with E-state index >= 15 is 0 Å². The van der Waals surface area contributed by atoms with Gasteiger partial charge in [-0.1, -0.05) is 24.3 Å². The molecule has 0 radical (unpaired) electrons. The number of carbonyl (C=O) groups excluding carboxylic acids is 2. The summed E-state index contributed by atoms with van der Waals surface area (Å²) in [5, 5.41) is 5.66. The van der Waals surface area contributed by atoms with E-state index in [0.717, 1.165) is 5.56 Å². The van der Waals surface area contributed by atoms with Crippen LogP contribution >= 0.6 is 0 Å². The number of anilines is 2. The quantitative estimate of drug-likeness (QED) is 0.832. The Kier molecular flexibility index (Phi) is 5.36. The molecule has 0 aliphatic carbocycles. The number of benzene rings is 2. The van der Waals surface area contributed by atoms with Crippen LogP contribution in [0.5, 0.6) is 0 Å². The van der Waals surface area contributed by atoms with Crippen LogP contribution in [0.3, 0.4) is 0 Å². The van der Waals surface area contributed by atoms with Gasteiger partial charge < -0.3 is 15.4 Å². The largest absolute Gasteiger partial charge is 0.449 e. The summed E-state index contributed by atoms with van der Waals surface area (Å²) >= 11 is 0. The van der Waals surface area contributed by atoms with Gasteiger partial charge in [0.05, 0.1) is 5.56 Å². The fourth-order valence-electron chi connectivity index (χ4n) is 2.12. The first kappa shape index (κ1) is 16.5. The average molecular weight is 312 g/mol. The second-order valence-electron chi connectivity index (χ2n) is 5.20. The summed E-state index contributed by atoms with van der Waals surface area (Å²) in [4.78, 5) is 24.3. The molecule has 0 aliphatic rings. The monoisotopic (exact) mass is 312 g/mol. The number of hydrogen-bond donors (Lipinski definition) is 2. The Bertz CT molecular complexity index is 713. The van der Waals surface area contributed by atoms with Crippen LogP contribution in [0.4, 0.5) is 11.4 Å². The SMILES string of the molecule is CNc1ccccc1C(=O)O[C@H](C)C(=O)Nc1cccc(C)c1. The fraction of sp³-hybridized carbons (Fsp3) is 0.222. The third kappa shape index (κ3) is 4.32. The molecule has 1 atom stereocenters. The van der Waals surface area contributed by atoms with Gasteiger partial charge in [-0.05, 0) is 43.7 Å². The maximum atomic E-state index is 12.2. The molecule has 23 heavy (non-hydrogen) atoms. The van der Waals surface area contributed by atoms with Crippen LogP contribution in [0, 0.1) is 6.92 Å². The van der Waals surface area contributed by atoms with Crippen molar-refractivity contribution in [1.82, 2.24) is 0 Å². The van der Waals surface area contributed by atoms with E-state index in [-0.39, 0.29) is 5.91 Å². The second-order valence-corrected chi connectivity index (χ2v) is 5.20. The van der Waals surface area contributed by atoms with E-state index in [9.17, 15) is 9.59 Å². The molecule has 0 aromatic heterocycles. The molecule has 2 rings (SSSR count). The van der Waals surface area contributed by atoms with E-state index in [4.69, 9.17) is 4.74 Å². The molecule has 120 valence electrons. The number of aryl methyl sites for hydroxylation is 1. The van der Waals surface area contributed by atoms with Crippen LogP contribution in [-0.4, -0.2) is 25.0 Å².